The van der Waals surface area contributed by atoms with Gasteiger partial charge in [0.1, 0.15) is 17.2 Å². The molecular weight excluding hydrogens is 390 g/mol. The van der Waals surface area contributed by atoms with Gasteiger partial charge in [0, 0.05) is 32.4 Å². The van der Waals surface area contributed by atoms with E-state index in [1.54, 1.807) is 14.2 Å². The van der Waals surface area contributed by atoms with Crippen molar-refractivity contribution in [2.75, 3.05) is 27.3 Å². The standard InChI is InChI=1S/C25H27N3O3/c1-30-20-9-5-18(6-10-20)14-26-16-23-24(17-26)28(25(29)22-4-3-13-27(22)23)15-19-7-11-21(31-2)12-8-19/h3-13,23-24H,14-17H2,1-2H3. The Kier molecular flexibility index (Phi) is 5.16. The van der Waals surface area contributed by atoms with E-state index in [-0.39, 0.29) is 18.0 Å². The quantitative estimate of drug-likeness (QED) is 0.615. The van der Waals surface area contributed by atoms with Gasteiger partial charge in [-0.1, -0.05) is 24.3 Å². The molecule has 2 aromatic carbocycles. The number of benzene rings is 2. The zero-order valence-corrected chi connectivity index (χ0v) is 17.9. The number of carbonyl (C=O) groups is 1. The minimum absolute atomic E-state index is 0.105. The third kappa shape index (κ3) is 3.68. The molecule has 0 saturated carbocycles. The minimum Gasteiger partial charge on any atom is -0.497 e. The number of amides is 1. The van der Waals surface area contributed by atoms with E-state index in [9.17, 15) is 4.79 Å². The van der Waals surface area contributed by atoms with E-state index < -0.39 is 0 Å². The molecule has 2 aliphatic heterocycles. The van der Waals surface area contributed by atoms with Gasteiger partial charge in [-0.15, -0.1) is 0 Å². The lowest BCUT2D eigenvalue weighted by Gasteiger charge is -2.38. The van der Waals surface area contributed by atoms with Crippen molar-refractivity contribution < 1.29 is 14.3 Å². The van der Waals surface area contributed by atoms with Crippen molar-refractivity contribution in [2.24, 2.45) is 0 Å². The highest BCUT2D eigenvalue weighted by molar-refractivity contribution is 5.94. The maximum absolute atomic E-state index is 13.3. The van der Waals surface area contributed by atoms with Crippen LogP contribution in [-0.4, -0.2) is 53.6 Å². The highest BCUT2D eigenvalue weighted by Crippen LogP contribution is 2.35. The van der Waals surface area contributed by atoms with Crippen LogP contribution in [0.15, 0.2) is 66.9 Å². The fourth-order valence-electron chi connectivity index (χ4n) is 4.82. The highest BCUT2D eigenvalue weighted by atomic mass is 16.5. The molecule has 3 aromatic rings. The topological polar surface area (TPSA) is 46.9 Å². The molecule has 5 rings (SSSR count). The van der Waals surface area contributed by atoms with Gasteiger partial charge in [-0.25, -0.2) is 0 Å². The Balaban J connectivity index is 1.38. The smallest absolute Gasteiger partial charge is 0.271 e. The number of fused-ring (bicyclic) bond motifs is 3. The molecule has 6 nitrogen and oxygen atoms in total. The summed E-state index contributed by atoms with van der Waals surface area (Å²) in [7, 11) is 3.35. The van der Waals surface area contributed by atoms with Crippen LogP contribution < -0.4 is 9.47 Å². The van der Waals surface area contributed by atoms with Gasteiger partial charge in [0.15, 0.2) is 0 Å². The summed E-state index contributed by atoms with van der Waals surface area (Å²) in [6.45, 7) is 3.24. The number of hydrogen-bond donors (Lipinski definition) is 0. The summed E-state index contributed by atoms with van der Waals surface area (Å²) >= 11 is 0. The van der Waals surface area contributed by atoms with Gasteiger partial charge >= 0.3 is 0 Å². The third-order valence-corrected chi connectivity index (χ3v) is 6.43. The van der Waals surface area contributed by atoms with E-state index in [1.807, 2.05) is 54.7 Å². The Hall–Kier alpha value is -3.25. The predicted octanol–water partition coefficient (Wildman–Crippen LogP) is 3.59. The van der Waals surface area contributed by atoms with E-state index in [4.69, 9.17) is 9.47 Å². The largest absolute Gasteiger partial charge is 0.497 e. The lowest BCUT2D eigenvalue weighted by Crippen LogP contribution is -2.49. The number of rotatable bonds is 6. The zero-order valence-electron chi connectivity index (χ0n) is 17.9. The SMILES string of the molecule is COc1ccc(CN2CC3C(C2)n2cccc2C(=O)N3Cc2ccc(OC)cc2)cc1. The van der Waals surface area contributed by atoms with E-state index in [0.29, 0.717) is 6.54 Å². The van der Waals surface area contributed by atoms with Crippen LogP contribution >= 0.6 is 0 Å². The second-order valence-electron chi connectivity index (χ2n) is 8.26. The molecule has 2 atom stereocenters. The maximum Gasteiger partial charge on any atom is 0.271 e. The van der Waals surface area contributed by atoms with Crippen LogP contribution in [0.5, 0.6) is 11.5 Å². The summed E-state index contributed by atoms with van der Waals surface area (Å²) in [6, 6.07) is 20.5. The van der Waals surface area contributed by atoms with Gasteiger partial charge in [0.05, 0.1) is 26.3 Å². The van der Waals surface area contributed by atoms with Crippen LogP contribution in [0.25, 0.3) is 0 Å². The second kappa shape index (κ2) is 8.12. The number of likely N-dealkylation sites (tertiary alicyclic amines) is 1. The molecule has 160 valence electrons. The Bertz CT molecular complexity index is 1060. The number of carbonyl (C=O) groups excluding carboxylic acids is 1. The monoisotopic (exact) mass is 417 g/mol. The van der Waals surface area contributed by atoms with Crippen molar-refractivity contribution in [1.82, 2.24) is 14.4 Å². The third-order valence-electron chi connectivity index (χ3n) is 6.43. The molecule has 0 bridgehead atoms. The van der Waals surface area contributed by atoms with E-state index >= 15 is 0 Å². The molecule has 1 fully saturated rings. The summed E-state index contributed by atoms with van der Waals surface area (Å²) in [6.07, 6.45) is 2.05. The molecule has 2 aliphatic rings. The van der Waals surface area contributed by atoms with Crippen LogP contribution in [0.4, 0.5) is 0 Å². The first-order valence-corrected chi connectivity index (χ1v) is 10.6. The molecule has 1 saturated heterocycles. The normalized spacial score (nSPS) is 20.5. The average molecular weight is 418 g/mol. The van der Waals surface area contributed by atoms with Gasteiger partial charge in [0.25, 0.3) is 5.91 Å². The second-order valence-corrected chi connectivity index (χ2v) is 8.26. The summed E-state index contributed by atoms with van der Waals surface area (Å²) < 4.78 is 12.7. The number of nitrogens with zero attached hydrogens (tertiary/aromatic N) is 3. The van der Waals surface area contributed by atoms with E-state index in [0.717, 1.165) is 42.4 Å². The van der Waals surface area contributed by atoms with Crippen LogP contribution in [0.3, 0.4) is 0 Å². The molecule has 3 heterocycles. The maximum atomic E-state index is 13.3. The molecular formula is C25H27N3O3. The van der Waals surface area contributed by atoms with Gasteiger partial charge < -0.3 is 18.9 Å². The number of ether oxygens (including phenoxy) is 2. The summed E-state index contributed by atoms with van der Waals surface area (Å²) in [4.78, 5) is 17.8. The van der Waals surface area contributed by atoms with Crippen molar-refractivity contribution >= 4 is 5.91 Å². The van der Waals surface area contributed by atoms with Crippen LogP contribution in [-0.2, 0) is 13.1 Å². The molecule has 1 aromatic heterocycles. The molecule has 0 spiro atoms. The van der Waals surface area contributed by atoms with Gasteiger partial charge in [-0.3, -0.25) is 9.69 Å². The first-order valence-electron chi connectivity index (χ1n) is 10.6. The molecule has 0 N–H and O–H groups in total. The van der Waals surface area contributed by atoms with E-state index in [2.05, 4.69) is 26.5 Å². The van der Waals surface area contributed by atoms with Crippen molar-refractivity contribution in [3.05, 3.63) is 83.7 Å². The molecule has 2 unspecified atom stereocenters. The Morgan fingerprint density at radius 1 is 0.806 bits per heavy atom. The van der Waals surface area contributed by atoms with Crippen molar-refractivity contribution in [1.29, 1.82) is 0 Å². The van der Waals surface area contributed by atoms with Crippen LogP contribution in [0, 0.1) is 0 Å². The summed E-state index contributed by atoms with van der Waals surface area (Å²) in [5.41, 5.74) is 3.14. The Labute approximate surface area is 182 Å². The first-order chi connectivity index (χ1) is 15.2. The Morgan fingerprint density at radius 2 is 1.39 bits per heavy atom. The molecule has 0 radical (unpaired) electrons. The van der Waals surface area contributed by atoms with Crippen LogP contribution in [0.2, 0.25) is 0 Å². The molecule has 31 heavy (non-hydrogen) atoms. The first kappa shape index (κ1) is 19.7. The number of hydrogen-bond acceptors (Lipinski definition) is 4. The highest BCUT2D eigenvalue weighted by Gasteiger charge is 2.44. The lowest BCUT2D eigenvalue weighted by atomic mass is 10.0. The van der Waals surface area contributed by atoms with Crippen LogP contribution in [0.1, 0.15) is 27.7 Å². The summed E-state index contributed by atoms with van der Waals surface area (Å²) in [5, 5.41) is 0. The fourth-order valence-corrected chi connectivity index (χ4v) is 4.82. The average Bonchev–Trinajstić information content (AvgIpc) is 3.45. The minimum atomic E-state index is 0.105. The van der Waals surface area contributed by atoms with Crippen molar-refractivity contribution in [2.45, 2.75) is 25.2 Å². The molecule has 0 aliphatic carbocycles. The fraction of sp³-hybridized carbons (Fsp3) is 0.320. The zero-order chi connectivity index (χ0) is 21.4. The van der Waals surface area contributed by atoms with Gasteiger partial charge in [0.2, 0.25) is 0 Å². The summed E-state index contributed by atoms with van der Waals surface area (Å²) in [5.74, 6) is 1.80. The van der Waals surface area contributed by atoms with Crippen molar-refractivity contribution in [3.63, 3.8) is 0 Å². The predicted molar refractivity (Wildman–Crippen MR) is 118 cm³/mol. The number of methoxy groups -OCH3 is 2. The lowest BCUT2D eigenvalue weighted by molar-refractivity contribution is 0.0556. The van der Waals surface area contributed by atoms with Crippen molar-refractivity contribution in [3.8, 4) is 11.5 Å². The van der Waals surface area contributed by atoms with E-state index in [1.165, 1.54) is 5.56 Å². The number of aromatic nitrogens is 1. The Morgan fingerprint density at radius 3 is 2.00 bits per heavy atom. The van der Waals surface area contributed by atoms with Gasteiger partial charge in [-0.2, -0.15) is 0 Å². The van der Waals surface area contributed by atoms with Gasteiger partial charge in [-0.05, 0) is 47.5 Å². The molecule has 6 heteroatoms. The molecule has 1 amide bonds.